The number of aromatic nitrogens is 4. The molecule has 0 spiro atoms. The smallest absolute Gasteiger partial charge is 0.333 e. The van der Waals surface area contributed by atoms with Gasteiger partial charge in [-0.25, -0.2) is 19.2 Å². The van der Waals surface area contributed by atoms with E-state index in [1.165, 1.54) is 12.1 Å². The Kier molecular flexibility index (Phi) is 6.07. The van der Waals surface area contributed by atoms with Gasteiger partial charge in [0.1, 0.15) is 5.82 Å². The minimum absolute atomic E-state index is 0.135. The molecule has 1 aromatic carbocycles. The van der Waals surface area contributed by atoms with Crippen molar-refractivity contribution in [3.63, 3.8) is 0 Å². The summed E-state index contributed by atoms with van der Waals surface area (Å²) in [5.41, 5.74) is 1.78. The number of anilines is 1. The minimum Gasteiger partial charge on any atom is -0.351 e. The van der Waals surface area contributed by atoms with Gasteiger partial charge in [0.15, 0.2) is 0 Å². The summed E-state index contributed by atoms with van der Waals surface area (Å²) >= 11 is 0. The molecule has 36 heavy (non-hydrogen) atoms. The third kappa shape index (κ3) is 4.31. The van der Waals surface area contributed by atoms with Crippen molar-refractivity contribution in [2.45, 2.75) is 75.9 Å². The van der Waals surface area contributed by atoms with E-state index in [4.69, 9.17) is 4.98 Å². The monoisotopic (exact) mass is 490 g/mol. The number of carbonyl (C=O) groups is 1. The molecule has 3 aliphatic rings. The molecule has 2 saturated carbocycles. The van der Waals surface area contributed by atoms with E-state index in [-0.39, 0.29) is 23.6 Å². The fourth-order valence-electron chi connectivity index (χ4n) is 5.75. The van der Waals surface area contributed by atoms with E-state index in [1.807, 2.05) is 6.20 Å². The molecule has 0 bridgehead atoms. The lowest BCUT2D eigenvalue weighted by Crippen LogP contribution is -2.41. The molecule has 0 radical (unpaired) electrons. The standard InChI is InChI=1S/C27H31FN6O2/c28-18-6-10-22(11-7-18)34-24(17-33(27(34)36)20-3-1-4-20)23-14-15-29-26(31-23)30-19-8-12-21(13-9-19)32-16-2-5-25(32)35/h6-7,10-11,14-15,17,19-21H,1-5,8-9,12-13,16H2,(H,29,30,31). The molecule has 3 fully saturated rings. The predicted molar refractivity (Wildman–Crippen MR) is 135 cm³/mol. The second-order valence-corrected chi connectivity index (χ2v) is 10.2. The van der Waals surface area contributed by atoms with E-state index in [0.29, 0.717) is 41.4 Å². The molecule has 1 saturated heterocycles. The molecule has 6 rings (SSSR count). The van der Waals surface area contributed by atoms with Gasteiger partial charge in [0, 0.05) is 43.5 Å². The Bertz CT molecular complexity index is 1300. The van der Waals surface area contributed by atoms with Gasteiger partial charge in [-0.3, -0.25) is 13.9 Å². The zero-order chi connectivity index (χ0) is 24.6. The summed E-state index contributed by atoms with van der Waals surface area (Å²) in [7, 11) is 0. The maximum Gasteiger partial charge on any atom is 0.333 e. The van der Waals surface area contributed by atoms with Crippen molar-refractivity contribution < 1.29 is 9.18 Å². The van der Waals surface area contributed by atoms with Crippen molar-refractivity contribution in [2.75, 3.05) is 11.9 Å². The lowest BCUT2D eigenvalue weighted by Gasteiger charge is -2.34. The van der Waals surface area contributed by atoms with E-state index < -0.39 is 0 Å². The van der Waals surface area contributed by atoms with Crippen molar-refractivity contribution in [3.8, 4) is 17.1 Å². The van der Waals surface area contributed by atoms with E-state index in [2.05, 4.69) is 15.2 Å². The van der Waals surface area contributed by atoms with Crippen LogP contribution in [-0.2, 0) is 4.79 Å². The third-order valence-corrected chi connectivity index (χ3v) is 7.97. The fraction of sp³-hybridized carbons (Fsp3) is 0.481. The SMILES string of the molecule is O=C1CCCN1C1CCC(Nc2nccc(-c3cn(C4CCC4)c(=O)n3-c3ccc(F)cc3)n2)CC1. The molecule has 1 aliphatic heterocycles. The second kappa shape index (κ2) is 9.52. The Morgan fingerprint density at radius 1 is 0.917 bits per heavy atom. The first-order chi connectivity index (χ1) is 17.6. The number of rotatable bonds is 6. The highest BCUT2D eigenvalue weighted by atomic mass is 19.1. The molecule has 9 heteroatoms. The van der Waals surface area contributed by atoms with Gasteiger partial charge in [0.05, 0.1) is 17.1 Å². The quantitative estimate of drug-likeness (QED) is 0.557. The Balaban J connectivity index is 1.24. The first-order valence-electron chi connectivity index (χ1n) is 13.1. The van der Waals surface area contributed by atoms with E-state index in [0.717, 1.165) is 57.9 Å². The van der Waals surface area contributed by atoms with Gasteiger partial charge in [0.25, 0.3) is 0 Å². The third-order valence-electron chi connectivity index (χ3n) is 7.97. The molecule has 8 nitrogen and oxygen atoms in total. The van der Waals surface area contributed by atoms with Crippen LogP contribution in [0.3, 0.4) is 0 Å². The average Bonchev–Trinajstić information content (AvgIpc) is 3.43. The number of likely N-dealkylation sites (tertiary alicyclic amines) is 1. The number of amides is 1. The minimum atomic E-state index is -0.343. The Morgan fingerprint density at radius 3 is 2.36 bits per heavy atom. The van der Waals surface area contributed by atoms with Crippen molar-refractivity contribution >= 4 is 11.9 Å². The van der Waals surface area contributed by atoms with Crippen LogP contribution in [0.25, 0.3) is 17.1 Å². The molecule has 0 unspecified atom stereocenters. The first-order valence-corrected chi connectivity index (χ1v) is 13.1. The highest BCUT2D eigenvalue weighted by Gasteiger charge is 2.31. The van der Waals surface area contributed by atoms with Crippen LogP contribution < -0.4 is 11.0 Å². The summed E-state index contributed by atoms with van der Waals surface area (Å²) in [4.78, 5) is 36.8. The van der Waals surface area contributed by atoms with Crippen LogP contribution in [0.4, 0.5) is 10.3 Å². The normalized spacial score (nSPS) is 22.6. The van der Waals surface area contributed by atoms with E-state index in [9.17, 15) is 14.0 Å². The van der Waals surface area contributed by atoms with Crippen LogP contribution in [0.5, 0.6) is 0 Å². The number of carbonyl (C=O) groups excluding carboxylic acids is 1. The first kappa shape index (κ1) is 22.9. The van der Waals surface area contributed by atoms with Gasteiger partial charge >= 0.3 is 5.69 Å². The van der Waals surface area contributed by atoms with Crippen LogP contribution in [0.1, 0.15) is 63.8 Å². The van der Waals surface area contributed by atoms with Crippen LogP contribution in [0.15, 0.2) is 47.5 Å². The molecular weight excluding hydrogens is 459 g/mol. The lowest BCUT2D eigenvalue weighted by molar-refractivity contribution is -0.130. The molecule has 1 amide bonds. The topological polar surface area (TPSA) is 85.0 Å². The number of nitrogens with zero attached hydrogens (tertiary/aromatic N) is 5. The summed E-state index contributed by atoms with van der Waals surface area (Å²) in [5, 5.41) is 3.48. The molecule has 0 atom stereocenters. The van der Waals surface area contributed by atoms with Crippen LogP contribution in [-0.4, -0.2) is 48.5 Å². The Hall–Kier alpha value is -3.49. The number of nitrogens with one attached hydrogen (secondary N) is 1. The Morgan fingerprint density at radius 2 is 1.69 bits per heavy atom. The van der Waals surface area contributed by atoms with Crippen molar-refractivity contribution in [3.05, 3.63) is 59.0 Å². The fourth-order valence-corrected chi connectivity index (χ4v) is 5.75. The van der Waals surface area contributed by atoms with Crippen LogP contribution in [0.2, 0.25) is 0 Å². The van der Waals surface area contributed by atoms with Gasteiger partial charge in [-0.15, -0.1) is 0 Å². The summed E-state index contributed by atoms with van der Waals surface area (Å²) in [6.07, 6.45) is 12.2. The van der Waals surface area contributed by atoms with Gasteiger partial charge < -0.3 is 10.2 Å². The maximum absolute atomic E-state index is 13.6. The number of imidazole rings is 1. The number of hydrogen-bond donors (Lipinski definition) is 1. The largest absolute Gasteiger partial charge is 0.351 e. The zero-order valence-corrected chi connectivity index (χ0v) is 20.3. The molecular formula is C27H31FN6O2. The summed E-state index contributed by atoms with van der Waals surface area (Å²) < 4.78 is 17.0. The van der Waals surface area contributed by atoms with Crippen molar-refractivity contribution in [1.29, 1.82) is 0 Å². The molecule has 1 N–H and O–H groups in total. The molecule has 3 heterocycles. The van der Waals surface area contributed by atoms with Crippen molar-refractivity contribution in [1.82, 2.24) is 24.0 Å². The predicted octanol–water partition coefficient (Wildman–Crippen LogP) is 4.31. The Labute approximate surface area is 209 Å². The summed E-state index contributed by atoms with van der Waals surface area (Å²) in [5.74, 6) is 0.482. The summed E-state index contributed by atoms with van der Waals surface area (Å²) in [6.45, 7) is 0.892. The number of hydrogen-bond acceptors (Lipinski definition) is 5. The van der Waals surface area contributed by atoms with Crippen molar-refractivity contribution in [2.24, 2.45) is 0 Å². The molecule has 188 valence electrons. The van der Waals surface area contributed by atoms with E-state index >= 15 is 0 Å². The second-order valence-electron chi connectivity index (χ2n) is 10.2. The average molecular weight is 491 g/mol. The zero-order valence-electron chi connectivity index (χ0n) is 20.3. The number of benzene rings is 1. The van der Waals surface area contributed by atoms with Gasteiger partial charge in [-0.1, -0.05) is 0 Å². The van der Waals surface area contributed by atoms with Crippen LogP contribution in [0, 0.1) is 5.82 Å². The number of halogens is 1. The van der Waals surface area contributed by atoms with Crippen LogP contribution >= 0.6 is 0 Å². The van der Waals surface area contributed by atoms with Gasteiger partial charge in [-0.05, 0) is 81.7 Å². The molecule has 2 aliphatic carbocycles. The summed E-state index contributed by atoms with van der Waals surface area (Å²) in [6, 6.07) is 8.56. The lowest BCUT2D eigenvalue weighted by atomic mass is 9.90. The van der Waals surface area contributed by atoms with Gasteiger partial charge in [0.2, 0.25) is 11.9 Å². The van der Waals surface area contributed by atoms with Gasteiger partial charge in [-0.2, -0.15) is 0 Å². The highest BCUT2D eigenvalue weighted by Crippen LogP contribution is 2.33. The molecule has 2 aromatic heterocycles. The highest BCUT2D eigenvalue weighted by molar-refractivity contribution is 5.78. The maximum atomic E-state index is 13.6. The molecule has 3 aromatic rings. The van der Waals surface area contributed by atoms with E-state index in [1.54, 1.807) is 33.5 Å².